The first-order valence-electron chi connectivity index (χ1n) is 5.37. The molecule has 0 aromatic carbocycles. The predicted octanol–water partition coefficient (Wildman–Crippen LogP) is -2.98. The third kappa shape index (κ3) is 2.18. The zero-order valence-electron chi connectivity index (χ0n) is 9.55. The first-order valence-corrected chi connectivity index (χ1v) is 5.37. The van der Waals surface area contributed by atoms with Crippen molar-refractivity contribution in [3.05, 3.63) is 32.6 Å². The Morgan fingerprint density at radius 3 is 2.63 bits per heavy atom. The molecule has 0 bridgehead atoms. The molecule has 0 amide bonds. The van der Waals surface area contributed by atoms with E-state index in [4.69, 9.17) is 15.1 Å². The molecule has 4 atom stereocenters. The molecule has 1 fully saturated rings. The van der Waals surface area contributed by atoms with Crippen LogP contribution in [0.1, 0.15) is 11.8 Å². The van der Waals surface area contributed by atoms with Crippen LogP contribution in [0.2, 0.25) is 0 Å². The van der Waals surface area contributed by atoms with Gasteiger partial charge in [0.05, 0.1) is 6.61 Å². The van der Waals surface area contributed by atoms with Crippen molar-refractivity contribution in [2.75, 3.05) is 6.61 Å². The first-order chi connectivity index (χ1) is 8.99. The van der Waals surface area contributed by atoms with Crippen molar-refractivity contribution in [2.45, 2.75) is 24.5 Å². The second-order valence-corrected chi connectivity index (χ2v) is 4.05. The molecule has 102 valence electrons. The van der Waals surface area contributed by atoms with Gasteiger partial charge in [0.1, 0.15) is 29.9 Å². The molecule has 0 aliphatic carbocycles. The maximum Gasteiger partial charge on any atom is 0.330 e. The minimum atomic E-state index is -1.47. The topological polar surface area (TPSA) is 149 Å². The minimum absolute atomic E-state index is 0.336. The van der Waals surface area contributed by atoms with Gasteiger partial charge < -0.3 is 20.1 Å². The summed E-state index contributed by atoms with van der Waals surface area (Å²) in [5, 5.41) is 37.0. The van der Waals surface area contributed by atoms with Crippen molar-refractivity contribution in [1.82, 2.24) is 9.55 Å². The van der Waals surface area contributed by atoms with Crippen LogP contribution in [0.5, 0.6) is 0 Å². The predicted molar refractivity (Wildman–Crippen MR) is 59.0 cm³/mol. The van der Waals surface area contributed by atoms with E-state index in [1.165, 1.54) is 0 Å². The molecule has 4 N–H and O–H groups in total. The molecule has 1 aromatic heterocycles. The van der Waals surface area contributed by atoms with Crippen molar-refractivity contribution in [1.29, 1.82) is 5.26 Å². The fourth-order valence-corrected chi connectivity index (χ4v) is 1.86. The van der Waals surface area contributed by atoms with Gasteiger partial charge in [-0.3, -0.25) is 14.3 Å². The normalized spacial score (nSPS) is 30.2. The standard InChI is InChI=1S/C10H11N3O6/c11-1-4-2-13(10(18)12-8(4)17)9-7(16)6(15)5(3-14)19-9/h2,5-7,9,14-16H,3H2,(H,12,17,18)/t5-,6-,7-,9?/m1/s1. The van der Waals surface area contributed by atoms with Gasteiger partial charge in [-0.05, 0) is 0 Å². The average Bonchev–Trinajstić information content (AvgIpc) is 2.67. The number of aliphatic hydroxyl groups is 3. The fourth-order valence-electron chi connectivity index (χ4n) is 1.86. The lowest BCUT2D eigenvalue weighted by atomic mass is 10.1. The summed E-state index contributed by atoms with van der Waals surface area (Å²) < 4.78 is 5.92. The number of hydrogen-bond donors (Lipinski definition) is 4. The first kappa shape index (κ1) is 13.4. The second-order valence-electron chi connectivity index (χ2n) is 4.05. The highest BCUT2D eigenvalue weighted by Gasteiger charge is 2.43. The Morgan fingerprint density at radius 1 is 1.42 bits per heavy atom. The van der Waals surface area contributed by atoms with Crippen LogP contribution in [0, 0.1) is 11.3 Å². The summed E-state index contributed by atoms with van der Waals surface area (Å²) in [5.41, 5.74) is -2.08. The van der Waals surface area contributed by atoms with Crippen LogP contribution in [-0.4, -0.2) is 49.8 Å². The molecule has 9 heteroatoms. The van der Waals surface area contributed by atoms with Gasteiger partial charge in [-0.25, -0.2) is 4.79 Å². The zero-order chi connectivity index (χ0) is 14.2. The van der Waals surface area contributed by atoms with Crippen LogP contribution in [0.15, 0.2) is 15.8 Å². The summed E-state index contributed by atoms with van der Waals surface area (Å²) in [7, 11) is 0. The number of aliphatic hydroxyl groups excluding tert-OH is 3. The van der Waals surface area contributed by atoms with E-state index in [1.54, 1.807) is 6.07 Å². The minimum Gasteiger partial charge on any atom is -0.394 e. The van der Waals surface area contributed by atoms with E-state index in [1.807, 2.05) is 4.98 Å². The summed E-state index contributed by atoms with van der Waals surface area (Å²) in [5.74, 6) is 0. The lowest BCUT2D eigenvalue weighted by molar-refractivity contribution is -0.0550. The van der Waals surface area contributed by atoms with Crippen molar-refractivity contribution in [3.63, 3.8) is 0 Å². The highest BCUT2D eigenvalue weighted by atomic mass is 16.6. The van der Waals surface area contributed by atoms with Gasteiger partial charge in [-0.1, -0.05) is 0 Å². The van der Waals surface area contributed by atoms with Gasteiger partial charge in [-0.15, -0.1) is 0 Å². The lowest BCUT2D eigenvalue weighted by Gasteiger charge is -2.16. The van der Waals surface area contributed by atoms with E-state index in [0.29, 0.717) is 0 Å². The molecule has 0 saturated carbocycles. The monoisotopic (exact) mass is 269 g/mol. The lowest BCUT2D eigenvalue weighted by Crippen LogP contribution is -2.38. The number of H-pyrrole nitrogens is 1. The largest absolute Gasteiger partial charge is 0.394 e. The van der Waals surface area contributed by atoms with Crippen LogP contribution >= 0.6 is 0 Å². The number of nitriles is 1. The van der Waals surface area contributed by atoms with E-state index in [9.17, 15) is 19.8 Å². The Balaban J connectivity index is 2.46. The zero-order valence-corrected chi connectivity index (χ0v) is 9.55. The fraction of sp³-hybridized carbons (Fsp3) is 0.500. The molecule has 2 rings (SSSR count). The van der Waals surface area contributed by atoms with E-state index < -0.39 is 42.4 Å². The third-order valence-electron chi connectivity index (χ3n) is 2.88. The molecule has 1 aromatic rings. The number of nitrogens with zero attached hydrogens (tertiary/aromatic N) is 2. The van der Waals surface area contributed by atoms with Gasteiger partial charge >= 0.3 is 5.69 Å². The summed E-state index contributed by atoms with van der Waals surface area (Å²) in [6, 6.07) is 1.59. The van der Waals surface area contributed by atoms with Crippen molar-refractivity contribution in [3.8, 4) is 6.07 Å². The number of rotatable bonds is 2. The number of ether oxygens (including phenoxy) is 1. The van der Waals surface area contributed by atoms with Crippen LogP contribution in [0.4, 0.5) is 0 Å². The van der Waals surface area contributed by atoms with Gasteiger partial charge in [0.2, 0.25) is 0 Å². The Hall–Kier alpha value is -1.99. The van der Waals surface area contributed by atoms with E-state index >= 15 is 0 Å². The number of nitrogens with one attached hydrogen (secondary N) is 1. The van der Waals surface area contributed by atoms with E-state index in [0.717, 1.165) is 10.8 Å². The van der Waals surface area contributed by atoms with Crippen LogP contribution in [-0.2, 0) is 4.74 Å². The van der Waals surface area contributed by atoms with Crippen molar-refractivity contribution < 1.29 is 20.1 Å². The highest BCUT2D eigenvalue weighted by Crippen LogP contribution is 2.27. The van der Waals surface area contributed by atoms with Crippen LogP contribution < -0.4 is 11.2 Å². The highest BCUT2D eigenvalue weighted by molar-refractivity contribution is 5.22. The molecule has 0 spiro atoms. The Labute approximate surface area is 105 Å². The summed E-state index contributed by atoms with van der Waals surface area (Å²) >= 11 is 0. The van der Waals surface area contributed by atoms with Gasteiger partial charge in [-0.2, -0.15) is 5.26 Å². The maximum atomic E-state index is 11.6. The van der Waals surface area contributed by atoms with Gasteiger partial charge in [0, 0.05) is 6.20 Å². The Bertz CT molecular complexity index is 629. The van der Waals surface area contributed by atoms with Crippen LogP contribution in [0.3, 0.4) is 0 Å². The molecule has 2 heterocycles. The summed E-state index contributed by atoms with van der Waals surface area (Å²) in [6.45, 7) is -0.544. The van der Waals surface area contributed by atoms with Gasteiger partial charge in [0.25, 0.3) is 5.56 Å². The number of aromatic amines is 1. The molecule has 0 radical (unpaired) electrons. The third-order valence-corrected chi connectivity index (χ3v) is 2.88. The molecule has 1 saturated heterocycles. The van der Waals surface area contributed by atoms with Gasteiger partial charge in [0.15, 0.2) is 6.23 Å². The quantitative estimate of drug-likeness (QED) is 0.447. The number of aromatic nitrogens is 2. The maximum absolute atomic E-state index is 11.6. The second kappa shape index (κ2) is 4.94. The van der Waals surface area contributed by atoms with Crippen molar-refractivity contribution in [2.24, 2.45) is 0 Å². The average molecular weight is 269 g/mol. The molecule has 1 unspecified atom stereocenters. The molecule has 9 nitrogen and oxygen atoms in total. The molecular weight excluding hydrogens is 258 g/mol. The van der Waals surface area contributed by atoms with Crippen molar-refractivity contribution >= 4 is 0 Å². The Kier molecular flexibility index (Phi) is 3.50. The smallest absolute Gasteiger partial charge is 0.330 e. The van der Waals surface area contributed by atoms with E-state index in [2.05, 4.69) is 0 Å². The molecule has 1 aliphatic heterocycles. The SMILES string of the molecule is N#Cc1cn(C2O[C@H](CO)[C@@H](O)[C@H]2O)c(=O)[nH]c1=O. The van der Waals surface area contributed by atoms with E-state index in [-0.39, 0.29) is 5.56 Å². The molecule has 1 aliphatic rings. The van der Waals surface area contributed by atoms with Crippen LogP contribution in [0.25, 0.3) is 0 Å². The number of hydrogen-bond acceptors (Lipinski definition) is 7. The molecule has 19 heavy (non-hydrogen) atoms. The summed E-state index contributed by atoms with van der Waals surface area (Å²) in [6.07, 6.45) is -4.25. The Morgan fingerprint density at radius 2 is 2.11 bits per heavy atom. The molecular formula is C10H11N3O6. The summed E-state index contributed by atoms with van der Waals surface area (Å²) in [4.78, 5) is 24.7.